The van der Waals surface area contributed by atoms with Crippen LogP contribution in [0.3, 0.4) is 0 Å². The smallest absolute Gasteiger partial charge is 0.137 e. The van der Waals surface area contributed by atoms with Gasteiger partial charge >= 0.3 is 0 Å². The Labute approximate surface area is 159 Å². The fraction of sp³-hybridized carbons (Fsp3) is 0.368. The first kappa shape index (κ1) is 20.1. The summed E-state index contributed by atoms with van der Waals surface area (Å²) in [7, 11) is -1.27. The average Bonchev–Trinajstić information content (AvgIpc) is 2.55. The van der Waals surface area contributed by atoms with Gasteiger partial charge in [-0.1, -0.05) is 30.3 Å². The van der Waals surface area contributed by atoms with Crippen LogP contribution in [0.25, 0.3) is 0 Å². The third kappa shape index (κ3) is 5.62. The number of hydrogen-bond donors (Lipinski definition) is 1. The summed E-state index contributed by atoms with van der Waals surface area (Å²) in [4.78, 5) is 0. The lowest BCUT2D eigenvalue weighted by Gasteiger charge is -2.24. The Kier molecular flexibility index (Phi) is 6.77. The first-order chi connectivity index (χ1) is 11.7. The van der Waals surface area contributed by atoms with E-state index in [0.717, 1.165) is 5.56 Å². The Morgan fingerprint density at radius 3 is 2.48 bits per heavy atom. The highest BCUT2D eigenvalue weighted by atomic mass is 79.9. The summed E-state index contributed by atoms with van der Waals surface area (Å²) in [6.45, 7) is 7.89. The zero-order valence-electron chi connectivity index (χ0n) is 14.8. The van der Waals surface area contributed by atoms with Gasteiger partial charge in [-0.05, 0) is 61.3 Å². The van der Waals surface area contributed by atoms with Crippen LogP contribution >= 0.6 is 15.9 Å². The molecule has 0 amide bonds. The van der Waals surface area contributed by atoms with Crippen LogP contribution < -0.4 is 9.46 Å². The van der Waals surface area contributed by atoms with Crippen LogP contribution in [0.5, 0.6) is 5.75 Å². The zero-order valence-corrected chi connectivity index (χ0v) is 17.2. The standard InChI is InChI=1S/C19H23BrFNO2S/c1-13(22-25(23)19(2,3)4)15-10-17(21)16(20)11-18(15)24-12-14-8-6-5-7-9-14/h5-11,13,22H,12H2,1-4H3/t13-,25-/m0/s1. The average molecular weight is 428 g/mol. The van der Waals surface area contributed by atoms with E-state index in [2.05, 4.69) is 20.7 Å². The third-order valence-electron chi connectivity index (χ3n) is 3.60. The molecule has 0 saturated heterocycles. The van der Waals surface area contributed by atoms with Gasteiger partial charge in [0.15, 0.2) is 0 Å². The van der Waals surface area contributed by atoms with Crippen LogP contribution in [0, 0.1) is 5.82 Å². The summed E-state index contributed by atoms with van der Waals surface area (Å²) >= 11 is 3.20. The second-order valence-corrected chi connectivity index (χ2v) is 9.65. The van der Waals surface area contributed by atoms with E-state index in [4.69, 9.17) is 4.74 Å². The van der Waals surface area contributed by atoms with Crippen molar-refractivity contribution in [3.8, 4) is 5.75 Å². The predicted octanol–water partition coefficient (Wildman–Crippen LogP) is 5.28. The quantitative estimate of drug-likeness (QED) is 0.680. The van der Waals surface area contributed by atoms with Crippen LogP contribution in [0.1, 0.15) is 44.9 Å². The molecule has 0 bridgehead atoms. The second kappa shape index (κ2) is 8.43. The maximum atomic E-state index is 14.0. The van der Waals surface area contributed by atoms with Gasteiger partial charge in [-0.25, -0.2) is 13.3 Å². The molecule has 0 aliphatic heterocycles. The van der Waals surface area contributed by atoms with Crippen molar-refractivity contribution in [2.24, 2.45) is 0 Å². The van der Waals surface area contributed by atoms with Crippen molar-refractivity contribution in [3.05, 3.63) is 63.9 Å². The number of benzene rings is 2. The van der Waals surface area contributed by atoms with Gasteiger partial charge in [0.2, 0.25) is 0 Å². The van der Waals surface area contributed by atoms with Crippen LogP contribution in [0.2, 0.25) is 0 Å². The third-order valence-corrected chi connectivity index (χ3v) is 5.88. The zero-order chi connectivity index (χ0) is 18.6. The summed E-state index contributed by atoms with van der Waals surface area (Å²) in [5, 5.41) is 0. The topological polar surface area (TPSA) is 38.3 Å². The fourth-order valence-electron chi connectivity index (χ4n) is 2.14. The molecule has 6 heteroatoms. The van der Waals surface area contributed by atoms with Crippen molar-refractivity contribution in [2.75, 3.05) is 0 Å². The number of hydrogen-bond acceptors (Lipinski definition) is 2. The molecule has 2 atom stereocenters. The highest BCUT2D eigenvalue weighted by Crippen LogP contribution is 2.32. The molecular formula is C19H23BrFNO2S. The molecule has 0 fully saturated rings. The van der Waals surface area contributed by atoms with Gasteiger partial charge in [-0.15, -0.1) is 0 Å². The minimum absolute atomic E-state index is 0.326. The Hall–Kier alpha value is -1.24. The summed E-state index contributed by atoms with van der Waals surface area (Å²) in [5.74, 6) is 0.181. The highest BCUT2D eigenvalue weighted by molar-refractivity contribution is 9.10. The lowest BCUT2D eigenvalue weighted by molar-refractivity contribution is 0.300. The molecule has 136 valence electrons. The van der Waals surface area contributed by atoms with Gasteiger partial charge in [-0.3, -0.25) is 0 Å². The highest BCUT2D eigenvalue weighted by Gasteiger charge is 2.24. The molecule has 2 rings (SSSR count). The molecule has 0 saturated carbocycles. The van der Waals surface area contributed by atoms with Crippen LogP contribution in [0.15, 0.2) is 46.9 Å². The molecule has 0 unspecified atom stereocenters. The van der Waals surface area contributed by atoms with E-state index >= 15 is 0 Å². The van der Waals surface area contributed by atoms with Crippen molar-refractivity contribution in [3.63, 3.8) is 0 Å². The van der Waals surface area contributed by atoms with Crippen LogP contribution in [-0.4, -0.2) is 8.96 Å². The molecule has 0 spiro atoms. The van der Waals surface area contributed by atoms with E-state index in [0.29, 0.717) is 22.4 Å². The first-order valence-electron chi connectivity index (χ1n) is 8.02. The van der Waals surface area contributed by atoms with E-state index in [1.54, 1.807) is 6.07 Å². The van der Waals surface area contributed by atoms with Crippen LogP contribution in [-0.2, 0) is 17.6 Å². The lowest BCUT2D eigenvalue weighted by atomic mass is 10.1. The van der Waals surface area contributed by atoms with E-state index in [1.165, 1.54) is 6.07 Å². The minimum atomic E-state index is -1.27. The van der Waals surface area contributed by atoms with Gasteiger partial charge in [-0.2, -0.15) is 0 Å². The van der Waals surface area contributed by atoms with Gasteiger partial charge in [0.1, 0.15) is 18.2 Å². The summed E-state index contributed by atoms with van der Waals surface area (Å²) in [5.41, 5.74) is 1.65. The van der Waals surface area contributed by atoms with E-state index in [9.17, 15) is 8.60 Å². The maximum absolute atomic E-state index is 14.0. The summed E-state index contributed by atoms with van der Waals surface area (Å²) < 4.78 is 35.3. The molecule has 0 aliphatic carbocycles. The molecule has 0 aromatic heterocycles. The van der Waals surface area contributed by atoms with Crippen molar-refractivity contribution < 1.29 is 13.3 Å². The molecular weight excluding hydrogens is 405 g/mol. The van der Waals surface area contributed by atoms with E-state index in [-0.39, 0.29) is 11.9 Å². The van der Waals surface area contributed by atoms with Gasteiger partial charge in [0, 0.05) is 11.6 Å². The normalized spacial score (nSPS) is 14.2. The maximum Gasteiger partial charge on any atom is 0.137 e. The Balaban J connectivity index is 2.23. The van der Waals surface area contributed by atoms with Gasteiger partial charge in [0.25, 0.3) is 0 Å². The molecule has 2 aromatic rings. The van der Waals surface area contributed by atoms with Gasteiger partial charge < -0.3 is 4.74 Å². The molecule has 2 aromatic carbocycles. The predicted molar refractivity (Wildman–Crippen MR) is 104 cm³/mol. The van der Waals surface area contributed by atoms with Crippen molar-refractivity contribution >= 4 is 26.9 Å². The van der Waals surface area contributed by atoms with Crippen LogP contribution in [0.4, 0.5) is 4.39 Å². The summed E-state index contributed by atoms with van der Waals surface area (Å²) in [6.07, 6.45) is 0. The van der Waals surface area contributed by atoms with E-state index < -0.39 is 15.7 Å². The van der Waals surface area contributed by atoms with Crippen molar-refractivity contribution in [2.45, 2.75) is 45.1 Å². The Bertz CT molecular complexity index is 747. The minimum Gasteiger partial charge on any atom is -0.489 e. The molecule has 0 radical (unpaired) electrons. The second-order valence-electron chi connectivity index (χ2n) is 6.80. The molecule has 0 aliphatic rings. The first-order valence-corrected chi connectivity index (χ1v) is 9.96. The number of ether oxygens (including phenoxy) is 1. The van der Waals surface area contributed by atoms with E-state index in [1.807, 2.05) is 58.0 Å². The molecule has 1 N–H and O–H groups in total. The molecule has 0 heterocycles. The SMILES string of the molecule is C[C@H](N[S@@](=O)C(C)(C)C)c1cc(F)c(Br)cc1OCc1ccccc1. The molecule has 3 nitrogen and oxygen atoms in total. The van der Waals surface area contributed by atoms with Gasteiger partial charge in [0.05, 0.1) is 20.2 Å². The van der Waals surface area contributed by atoms with Crippen molar-refractivity contribution in [1.29, 1.82) is 0 Å². The Morgan fingerprint density at radius 1 is 1.24 bits per heavy atom. The Morgan fingerprint density at radius 2 is 1.88 bits per heavy atom. The van der Waals surface area contributed by atoms with Crippen molar-refractivity contribution in [1.82, 2.24) is 4.72 Å². The summed E-state index contributed by atoms with van der Waals surface area (Å²) in [6, 6.07) is 12.5. The number of halogens is 2. The number of nitrogens with one attached hydrogen (secondary N) is 1. The largest absolute Gasteiger partial charge is 0.489 e. The monoisotopic (exact) mass is 427 g/mol. The number of rotatable bonds is 6. The molecule has 25 heavy (non-hydrogen) atoms. The fourth-order valence-corrected chi connectivity index (χ4v) is 3.27. The lowest BCUT2D eigenvalue weighted by Crippen LogP contribution is -2.35.